The minimum absolute atomic E-state index is 0.208. The molecule has 3 heteroatoms. The van der Waals surface area contributed by atoms with Crippen molar-refractivity contribution in [3.63, 3.8) is 0 Å². The standard InChI is InChI=1S/C10H16O3/c1-2-7-3-5-8(6-4-7)9(11)10(12)13/h7-8H,2-6H2,1H3,(H,12,13). The maximum atomic E-state index is 11.1. The maximum absolute atomic E-state index is 11.1. The molecule has 1 saturated carbocycles. The van der Waals surface area contributed by atoms with Crippen LogP contribution in [0.5, 0.6) is 0 Å². The Morgan fingerprint density at radius 2 is 1.77 bits per heavy atom. The van der Waals surface area contributed by atoms with Crippen molar-refractivity contribution in [3.8, 4) is 0 Å². The molecule has 0 amide bonds. The van der Waals surface area contributed by atoms with Crippen molar-refractivity contribution >= 4 is 11.8 Å². The molecule has 1 fully saturated rings. The van der Waals surface area contributed by atoms with Gasteiger partial charge in [0.15, 0.2) is 0 Å². The maximum Gasteiger partial charge on any atom is 0.372 e. The first-order chi connectivity index (χ1) is 6.15. The highest BCUT2D eigenvalue weighted by Crippen LogP contribution is 2.30. The Labute approximate surface area is 78.1 Å². The fourth-order valence-corrected chi connectivity index (χ4v) is 2.01. The van der Waals surface area contributed by atoms with Crippen LogP contribution in [0.3, 0.4) is 0 Å². The molecule has 1 N–H and O–H groups in total. The second-order valence-electron chi connectivity index (χ2n) is 3.80. The van der Waals surface area contributed by atoms with Gasteiger partial charge in [-0.25, -0.2) is 4.79 Å². The van der Waals surface area contributed by atoms with E-state index >= 15 is 0 Å². The molecule has 13 heavy (non-hydrogen) atoms. The zero-order valence-electron chi connectivity index (χ0n) is 7.95. The molecule has 0 bridgehead atoms. The molecule has 0 aliphatic heterocycles. The Hall–Kier alpha value is -0.860. The van der Waals surface area contributed by atoms with E-state index in [1.165, 1.54) is 0 Å². The summed E-state index contributed by atoms with van der Waals surface area (Å²) in [6.45, 7) is 2.14. The van der Waals surface area contributed by atoms with Crippen LogP contribution in [0.1, 0.15) is 39.0 Å². The summed E-state index contributed by atoms with van der Waals surface area (Å²) in [6.07, 6.45) is 4.71. The average molecular weight is 184 g/mol. The SMILES string of the molecule is CCC1CCC(C(=O)C(=O)O)CC1. The second-order valence-corrected chi connectivity index (χ2v) is 3.80. The molecule has 0 aromatic rings. The van der Waals surface area contributed by atoms with Gasteiger partial charge in [-0.3, -0.25) is 4.79 Å². The molecule has 0 saturated heterocycles. The number of rotatable bonds is 3. The molecule has 0 spiro atoms. The largest absolute Gasteiger partial charge is 0.475 e. The van der Waals surface area contributed by atoms with E-state index in [0.717, 1.165) is 32.1 Å². The van der Waals surface area contributed by atoms with Gasteiger partial charge in [0.05, 0.1) is 0 Å². The normalized spacial score (nSPS) is 28.4. The van der Waals surface area contributed by atoms with Gasteiger partial charge in [0.1, 0.15) is 0 Å². The molecule has 0 aromatic heterocycles. The van der Waals surface area contributed by atoms with Gasteiger partial charge in [0.2, 0.25) is 5.78 Å². The van der Waals surface area contributed by atoms with E-state index in [1.54, 1.807) is 0 Å². The number of hydrogen-bond donors (Lipinski definition) is 1. The van der Waals surface area contributed by atoms with Crippen LogP contribution in [0.25, 0.3) is 0 Å². The van der Waals surface area contributed by atoms with Crippen LogP contribution in [0.4, 0.5) is 0 Å². The third-order valence-electron chi connectivity index (χ3n) is 3.01. The van der Waals surface area contributed by atoms with Gasteiger partial charge >= 0.3 is 5.97 Å². The number of Topliss-reactive ketones (excluding diaryl/α,β-unsaturated/α-hetero) is 1. The summed E-state index contributed by atoms with van der Waals surface area (Å²) >= 11 is 0. The smallest absolute Gasteiger partial charge is 0.372 e. The van der Waals surface area contributed by atoms with Crippen LogP contribution < -0.4 is 0 Å². The van der Waals surface area contributed by atoms with Crippen LogP contribution in [-0.2, 0) is 9.59 Å². The van der Waals surface area contributed by atoms with Crippen molar-refractivity contribution < 1.29 is 14.7 Å². The Balaban J connectivity index is 2.41. The van der Waals surface area contributed by atoms with E-state index in [4.69, 9.17) is 5.11 Å². The summed E-state index contributed by atoms with van der Waals surface area (Å²) in [6, 6.07) is 0. The quantitative estimate of drug-likeness (QED) is 0.681. The van der Waals surface area contributed by atoms with Crippen molar-refractivity contribution in [1.82, 2.24) is 0 Å². The lowest BCUT2D eigenvalue weighted by molar-refractivity contribution is -0.151. The monoisotopic (exact) mass is 184 g/mol. The van der Waals surface area contributed by atoms with Gasteiger partial charge in [0, 0.05) is 5.92 Å². The van der Waals surface area contributed by atoms with Crippen LogP contribution in [0.2, 0.25) is 0 Å². The fourth-order valence-electron chi connectivity index (χ4n) is 2.01. The van der Waals surface area contributed by atoms with Crippen molar-refractivity contribution in [2.24, 2.45) is 11.8 Å². The number of ketones is 1. The Bertz CT molecular complexity index is 202. The average Bonchev–Trinajstić information content (AvgIpc) is 2.17. The lowest BCUT2D eigenvalue weighted by Crippen LogP contribution is -2.27. The molecule has 3 nitrogen and oxygen atoms in total. The first-order valence-corrected chi connectivity index (χ1v) is 4.92. The Morgan fingerprint density at radius 1 is 1.23 bits per heavy atom. The van der Waals surface area contributed by atoms with Gasteiger partial charge in [-0.1, -0.05) is 13.3 Å². The summed E-state index contributed by atoms with van der Waals surface area (Å²) in [5.74, 6) is -1.35. The van der Waals surface area contributed by atoms with Gasteiger partial charge < -0.3 is 5.11 Å². The molecule has 1 aliphatic carbocycles. The number of carbonyl (C=O) groups is 2. The van der Waals surface area contributed by atoms with E-state index in [-0.39, 0.29) is 5.92 Å². The van der Waals surface area contributed by atoms with Gasteiger partial charge in [-0.15, -0.1) is 0 Å². The summed E-state index contributed by atoms with van der Waals surface area (Å²) in [5, 5.41) is 8.51. The number of aliphatic carboxylic acids is 1. The predicted octanol–water partition coefficient (Wildman–Crippen LogP) is 1.86. The predicted molar refractivity (Wildman–Crippen MR) is 48.4 cm³/mol. The van der Waals surface area contributed by atoms with Gasteiger partial charge in [-0.05, 0) is 31.6 Å². The van der Waals surface area contributed by atoms with E-state index in [9.17, 15) is 9.59 Å². The van der Waals surface area contributed by atoms with Gasteiger partial charge in [-0.2, -0.15) is 0 Å². The summed E-state index contributed by atoms with van der Waals surface area (Å²) in [7, 11) is 0. The molecule has 1 rings (SSSR count). The minimum atomic E-state index is -1.26. The summed E-state index contributed by atoms with van der Waals surface area (Å²) in [4.78, 5) is 21.5. The highest BCUT2D eigenvalue weighted by Gasteiger charge is 2.29. The van der Waals surface area contributed by atoms with Crippen molar-refractivity contribution in [2.45, 2.75) is 39.0 Å². The highest BCUT2D eigenvalue weighted by molar-refractivity contribution is 6.33. The molecule has 0 aromatic carbocycles. The molecular weight excluding hydrogens is 168 g/mol. The number of hydrogen-bond acceptors (Lipinski definition) is 2. The third-order valence-corrected chi connectivity index (χ3v) is 3.01. The topological polar surface area (TPSA) is 54.4 Å². The third kappa shape index (κ3) is 2.54. The van der Waals surface area contributed by atoms with Crippen molar-refractivity contribution in [1.29, 1.82) is 0 Å². The number of carboxylic acids is 1. The first kappa shape index (κ1) is 10.2. The van der Waals surface area contributed by atoms with Crippen LogP contribution in [-0.4, -0.2) is 16.9 Å². The molecule has 0 heterocycles. The van der Waals surface area contributed by atoms with Crippen LogP contribution in [0.15, 0.2) is 0 Å². The molecular formula is C10H16O3. The lowest BCUT2D eigenvalue weighted by atomic mass is 9.79. The molecule has 1 aliphatic rings. The highest BCUT2D eigenvalue weighted by atomic mass is 16.4. The second kappa shape index (κ2) is 4.40. The van der Waals surface area contributed by atoms with E-state index in [2.05, 4.69) is 6.92 Å². The van der Waals surface area contributed by atoms with E-state index in [0.29, 0.717) is 5.92 Å². The fraction of sp³-hybridized carbons (Fsp3) is 0.800. The minimum Gasteiger partial charge on any atom is -0.475 e. The van der Waals surface area contributed by atoms with Gasteiger partial charge in [0.25, 0.3) is 0 Å². The van der Waals surface area contributed by atoms with E-state index in [1.807, 2.05) is 0 Å². The van der Waals surface area contributed by atoms with Crippen LogP contribution >= 0.6 is 0 Å². The van der Waals surface area contributed by atoms with E-state index < -0.39 is 11.8 Å². The summed E-state index contributed by atoms with van der Waals surface area (Å²) in [5.41, 5.74) is 0. The summed E-state index contributed by atoms with van der Waals surface area (Å²) < 4.78 is 0. The molecule has 0 unspecified atom stereocenters. The van der Waals surface area contributed by atoms with Crippen molar-refractivity contribution in [3.05, 3.63) is 0 Å². The lowest BCUT2D eigenvalue weighted by Gasteiger charge is -2.25. The van der Waals surface area contributed by atoms with Crippen molar-refractivity contribution in [2.75, 3.05) is 0 Å². The zero-order valence-corrected chi connectivity index (χ0v) is 7.95. The zero-order chi connectivity index (χ0) is 9.84. The van der Waals surface area contributed by atoms with Crippen LogP contribution in [0, 0.1) is 11.8 Å². The molecule has 0 radical (unpaired) electrons. The molecule has 0 atom stereocenters. The molecule has 74 valence electrons. The number of carboxylic acid groups (broad SMARTS) is 1. The Kier molecular flexibility index (Phi) is 3.46. The number of carbonyl (C=O) groups excluding carboxylic acids is 1. The Morgan fingerprint density at radius 3 is 2.15 bits per heavy atom. The first-order valence-electron chi connectivity index (χ1n) is 4.92.